The van der Waals surface area contributed by atoms with Crippen LogP contribution in [0.3, 0.4) is 0 Å². The topological polar surface area (TPSA) is 227 Å². The second-order valence-corrected chi connectivity index (χ2v) is 12.5. The number of urea groups is 1. The van der Waals surface area contributed by atoms with Crippen molar-refractivity contribution in [3.63, 3.8) is 0 Å². The largest absolute Gasteiger partial charge is 0.468 e. The lowest BCUT2D eigenvalue weighted by atomic mass is 9.96. The highest BCUT2D eigenvalue weighted by molar-refractivity contribution is 8.56. The van der Waals surface area contributed by atoms with Gasteiger partial charge in [0, 0.05) is 18.0 Å². The van der Waals surface area contributed by atoms with E-state index < -0.39 is 78.6 Å². The molecule has 2 saturated heterocycles. The first kappa shape index (κ1) is 28.0. The van der Waals surface area contributed by atoms with Gasteiger partial charge < -0.3 is 29.5 Å². The number of imide groups is 1. The number of rotatable bonds is 10. The summed E-state index contributed by atoms with van der Waals surface area (Å²) < 4.78 is 30.2. The summed E-state index contributed by atoms with van der Waals surface area (Å²) >= 11 is 0.613. The quantitative estimate of drug-likeness (QED) is 0.103. The van der Waals surface area contributed by atoms with E-state index in [0.717, 1.165) is 23.9 Å². The second kappa shape index (κ2) is 10.8. The minimum Gasteiger partial charge on any atom is -0.468 e. The summed E-state index contributed by atoms with van der Waals surface area (Å²) in [5.74, 6) is -1.60. The van der Waals surface area contributed by atoms with E-state index in [1.54, 1.807) is 0 Å². The SMILES string of the molecule is COC(=O)[C@@H](C)NP(=O)(OC[C@H]1O[C@@H](n2ccc(=O)[nH]c2=O)C(C)(O)[C@@H]1O)SCC1NC(=O)NC1=O. The first-order valence-corrected chi connectivity index (χ1v) is 13.7. The number of amides is 3. The van der Waals surface area contributed by atoms with Gasteiger partial charge in [0.1, 0.15) is 29.9 Å². The zero-order valence-electron chi connectivity index (χ0n) is 19.3. The molecule has 0 aliphatic carbocycles. The maximum absolute atomic E-state index is 13.5. The Kier molecular flexibility index (Phi) is 8.44. The molecule has 1 aromatic rings. The predicted molar refractivity (Wildman–Crippen MR) is 123 cm³/mol. The predicted octanol–water partition coefficient (Wildman–Crippen LogP) is -2.24. The molecule has 3 rings (SSSR count). The molecule has 3 heterocycles. The summed E-state index contributed by atoms with van der Waals surface area (Å²) in [4.78, 5) is 60.5. The van der Waals surface area contributed by atoms with Crippen LogP contribution in [0.15, 0.2) is 21.9 Å². The van der Waals surface area contributed by atoms with Crippen LogP contribution < -0.4 is 27.0 Å². The Morgan fingerprint density at radius 1 is 1.39 bits per heavy atom. The van der Waals surface area contributed by atoms with Gasteiger partial charge in [0.25, 0.3) is 11.5 Å². The van der Waals surface area contributed by atoms with Crippen LogP contribution >= 0.6 is 18.1 Å². The Morgan fingerprint density at radius 3 is 2.67 bits per heavy atom. The fourth-order valence-corrected chi connectivity index (χ4v) is 7.36. The number of aliphatic hydroxyl groups excluding tert-OH is 1. The third-order valence-corrected chi connectivity index (χ3v) is 9.56. The summed E-state index contributed by atoms with van der Waals surface area (Å²) in [5, 5.41) is 28.3. The average molecular weight is 551 g/mol. The maximum Gasteiger partial charge on any atom is 0.330 e. The highest BCUT2D eigenvalue weighted by atomic mass is 32.7. The fourth-order valence-electron chi connectivity index (χ4n) is 3.49. The molecule has 0 aromatic carbocycles. The van der Waals surface area contributed by atoms with E-state index in [0.29, 0.717) is 11.4 Å². The molecule has 0 bridgehead atoms. The fraction of sp³-hybridized carbons (Fsp3) is 0.611. The Morgan fingerprint density at radius 2 is 2.08 bits per heavy atom. The van der Waals surface area contributed by atoms with Crippen molar-refractivity contribution in [3.05, 3.63) is 33.1 Å². The molecular weight excluding hydrogens is 525 g/mol. The molecule has 0 spiro atoms. The van der Waals surface area contributed by atoms with Crippen LogP contribution in [0, 0.1) is 0 Å². The summed E-state index contributed by atoms with van der Waals surface area (Å²) in [6.45, 7) is -2.05. The number of nitrogens with zero attached hydrogens (tertiary/aromatic N) is 1. The van der Waals surface area contributed by atoms with Gasteiger partial charge in [-0.1, -0.05) is 11.4 Å². The van der Waals surface area contributed by atoms with Crippen molar-refractivity contribution in [1.82, 2.24) is 25.3 Å². The van der Waals surface area contributed by atoms with E-state index in [4.69, 9.17) is 9.26 Å². The molecule has 3 amide bonds. The minimum atomic E-state index is -4.02. The molecule has 0 saturated carbocycles. The first-order chi connectivity index (χ1) is 16.8. The highest BCUT2D eigenvalue weighted by Gasteiger charge is 2.54. The Bertz CT molecular complexity index is 1190. The number of methoxy groups -OCH3 is 1. The van der Waals surface area contributed by atoms with Crippen molar-refractivity contribution in [2.24, 2.45) is 0 Å². The summed E-state index contributed by atoms with van der Waals surface area (Å²) in [5.41, 5.74) is -3.59. The van der Waals surface area contributed by atoms with Crippen LogP contribution in [0.2, 0.25) is 0 Å². The molecule has 36 heavy (non-hydrogen) atoms. The molecule has 16 nitrogen and oxygen atoms in total. The number of aromatic nitrogens is 2. The van der Waals surface area contributed by atoms with Crippen molar-refractivity contribution in [2.75, 3.05) is 19.5 Å². The average Bonchev–Trinajstić information content (AvgIpc) is 3.24. The number of hydrogen-bond acceptors (Lipinski definition) is 12. The number of H-pyrrole nitrogens is 1. The van der Waals surface area contributed by atoms with Crippen molar-refractivity contribution < 1.29 is 43.2 Å². The molecule has 18 heteroatoms. The number of ether oxygens (including phenoxy) is 2. The van der Waals surface area contributed by atoms with Crippen LogP contribution in [0.25, 0.3) is 0 Å². The third kappa shape index (κ3) is 6.05. The zero-order valence-corrected chi connectivity index (χ0v) is 21.0. The molecule has 6 N–H and O–H groups in total. The lowest BCUT2D eigenvalue weighted by Crippen LogP contribution is -2.47. The van der Waals surface area contributed by atoms with E-state index in [1.165, 1.54) is 13.8 Å². The molecule has 200 valence electrons. The molecule has 1 aromatic heterocycles. The summed E-state index contributed by atoms with van der Waals surface area (Å²) in [6.07, 6.45) is -3.28. The van der Waals surface area contributed by atoms with Gasteiger partial charge in [-0.3, -0.25) is 33.8 Å². The Labute approximate surface area is 207 Å². The third-order valence-electron chi connectivity index (χ3n) is 5.44. The number of aromatic amines is 1. The van der Waals surface area contributed by atoms with Gasteiger partial charge in [0.15, 0.2) is 6.23 Å². The molecule has 3 unspecified atom stereocenters. The van der Waals surface area contributed by atoms with Crippen molar-refractivity contribution >= 4 is 36.0 Å². The molecular formula is C18H26N5O11PS. The number of nitrogens with one attached hydrogen (secondary N) is 4. The lowest BCUT2D eigenvalue weighted by Gasteiger charge is -2.27. The van der Waals surface area contributed by atoms with Crippen LogP contribution in [-0.4, -0.2) is 87.0 Å². The lowest BCUT2D eigenvalue weighted by molar-refractivity contribution is -0.142. The number of carbonyl (C=O) groups excluding carboxylic acids is 3. The van der Waals surface area contributed by atoms with Crippen LogP contribution in [0.4, 0.5) is 4.79 Å². The summed E-state index contributed by atoms with van der Waals surface area (Å²) in [7, 11) is 1.13. The molecule has 7 atom stereocenters. The number of carbonyl (C=O) groups is 3. The van der Waals surface area contributed by atoms with Gasteiger partial charge >= 0.3 is 24.4 Å². The Balaban J connectivity index is 1.76. The maximum atomic E-state index is 13.5. The van der Waals surface area contributed by atoms with Crippen LogP contribution in [-0.2, 0) is 28.2 Å². The highest BCUT2D eigenvalue weighted by Crippen LogP contribution is 2.57. The molecule has 2 aliphatic rings. The van der Waals surface area contributed by atoms with E-state index in [1.807, 2.05) is 10.3 Å². The number of esters is 1. The van der Waals surface area contributed by atoms with Crippen molar-refractivity contribution in [2.45, 2.75) is 50.0 Å². The second-order valence-electron chi connectivity index (χ2n) is 8.19. The Hall–Kier alpha value is -2.53. The van der Waals surface area contributed by atoms with E-state index >= 15 is 0 Å². The number of hydrogen-bond donors (Lipinski definition) is 6. The minimum absolute atomic E-state index is 0.197. The number of aliphatic hydroxyl groups is 2. The normalized spacial score (nSPS) is 30.4. The van der Waals surface area contributed by atoms with Gasteiger partial charge in [-0.15, -0.1) is 0 Å². The first-order valence-electron chi connectivity index (χ1n) is 10.5. The van der Waals surface area contributed by atoms with Crippen molar-refractivity contribution in [1.29, 1.82) is 0 Å². The van der Waals surface area contributed by atoms with E-state index in [2.05, 4.69) is 15.1 Å². The zero-order chi connectivity index (χ0) is 26.8. The monoisotopic (exact) mass is 551 g/mol. The smallest absolute Gasteiger partial charge is 0.330 e. The van der Waals surface area contributed by atoms with Crippen molar-refractivity contribution in [3.8, 4) is 0 Å². The van der Waals surface area contributed by atoms with Gasteiger partial charge in [-0.05, 0) is 13.8 Å². The van der Waals surface area contributed by atoms with Gasteiger partial charge in [0.05, 0.1) is 13.7 Å². The van der Waals surface area contributed by atoms with Crippen LogP contribution in [0.1, 0.15) is 20.1 Å². The van der Waals surface area contributed by atoms with Gasteiger partial charge in [0.2, 0.25) is 0 Å². The van der Waals surface area contributed by atoms with Gasteiger partial charge in [-0.2, -0.15) is 0 Å². The van der Waals surface area contributed by atoms with Crippen LogP contribution in [0.5, 0.6) is 0 Å². The standard InChI is InChI=1S/C18H26N5O11PS/c1-8(14(27)32-3)22-35(31,36-7-9-13(26)21-16(28)19-9)33-6-10-12(25)18(2,30)15(34-10)23-5-4-11(24)20-17(23)29/h4-5,8-10,12,15,25,30H,6-7H2,1-3H3,(H,22,31)(H,20,24,29)(H2,19,21,26,28)/t8-,9?,10-,12-,15-,18?,35?/m1/s1. The molecule has 2 aliphatic heterocycles. The molecule has 2 fully saturated rings. The van der Waals surface area contributed by atoms with Gasteiger partial charge in [-0.25, -0.2) is 14.7 Å². The van der Waals surface area contributed by atoms with E-state index in [-0.39, 0.29) is 5.75 Å². The van der Waals surface area contributed by atoms with E-state index in [9.17, 15) is 38.8 Å². The summed E-state index contributed by atoms with van der Waals surface area (Å²) in [6, 6.07) is -1.81. The molecule has 0 radical (unpaired) electrons.